The molecular formula is C18H17F3N2O3. The molecule has 0 aliphatic heterocycles. The Labute approximate surface area is 148 Å². The minimum atomic E-state index is -4.55. The van der Waals surface area contributed by atoms with Crippen molar-refractivity contribution in [1.29, 1.82) is 0 Å². The number of benzene rings is 2. The summed E-state index contributed by atoms with van der Waals surface area (Å²) in [5.74, 6) is -1.74. The molecule has 0 aliphatic carbocycles. The van der Waals surface area contributed by atoms with E-state index in [-0.39, 0.29) is 17.5 Å². The number of ether oxygens (including phenoxy) is 1. The molecule has 8 heteroatoms. The van der Waals surface area contributed by atoms with Gasteiger partial charge in [-0.15, -0.1) is 0 Å². The molecule has 0 aliphatic rings. The molecule has 0 spiro atoms. The van der Waals surface area contributed by atoms with Gasteiger partial charge in [0.1, 0.15) is 5.75 Å². The maximum absolute atomic E-state index is 12.7. The normalized spacial score (nSPS) is 11.2. The lowest BCUT2D eigenvalue weighted by molar-refractivity contribution is -0.137. The fourth-order valence-electron chi connectivity index (χ4n) is 2.07. The number of para-hydroxylation sites is 2. The van der Waals surface area contributed by atoms with Gasteiger partial charge >= 0.3 is 18.0 Å². The molecule has 0 bridgehead atoms. The molecule has 0 unspecified atom stereocenters. The number of anilines is 2. The Hall–Kier alpha value is -3.03. The zero-order chi connectivity index (χ0) is 19.3. The topological polar surface area (TPSA) is 67.4 Å². The zero-order valence-electron chi connectivity index (χ0n) is 14.1. The van der Waals surface area contributed by atoms with Gasteiger partial charge < -0.3 is 15.4 Å². The monoisotopic (exact) mass is 366 g/mol. The van der Waals surface area contributed by atoms with Crippen LogP contribution in [-0.4, -0.2) is 17.9 Å². The fourth-order valence-corrected chi connectivity index (χ4v) is 2.07. The summed E-state index contributed by atoms with van der Waals surface area (Å²) in [6, 6.07) is 10.5. The predicted molar refractivity (Wildman–Crippen MR) is 90.9 cm³/mol. The van der Waals surface area contributed by atoms with Crippen LogP contribution in [-0.2, 0) is 15.8 Å². The highest BCUT2D eigenvalue weighted by Gasteiger charge is 2.30. The van der Waals surface area contributed by atoms with Crippen LogP contribution in [0.5, 0.6) is 5.75 Å². The average Bonchev–Trinajstić information content (AvgIpc) is 2.55. The standard InChI is InChI=1S/C18H17F3N2O3/c1-11(2)26-15-9-4-3-8-14(15)23-17(25)16(24)22-13-7-5-6-12(10-13)18(19,20)21/h3-11H,1-2H3,(H,22,24)(H,23,25). The van der Waals surface area contributed by atoms with Crippen LogP contribution in [0.4, 0.5) is 24.5 Å². The largest absolute Gasteiger partial charge is 0.489 e. The van der Waals surface area contributed by atoms with Gasteiger partial charge in [0.05, 0.1) is 17.4 Å². The number of halogens is 3. The van der Waals surface area contributed by atoms with E-state index in [9.17, 15) is 22.8 Å². The molecule has 0 radical (unpaired) electrons. The first-order valence-corrected chi connectivity index (χ1v) is 7.72. The van der Waals surface area contributed by atoms with Crippen molar-refractivity contribution >= 4 is 23.2 Å². The summed E-state index contributed by atoms with van der Waals surface area (Å²) < 4.78 is 43.6. The van der Waals surface area contributed by atoms with E-state index in [0.717, 1.165) is 18.2 Å². The number of nitrogens with one attached hydrogen (secondary N) is 2. The minimum Gasteiger partial charge on any atom is -0.489 e. The third-order valence-electron chi connectivity index (χ3n) is 3.15. The Kier molecular flexibility index (Phi) is 5.86. The second kappa shape index (κ2) is 7.90. The molecule has 2 aromatic carbocycles. The van der Waals surface area contributed by atoms with Gasteiger partial charge in [-0.1, -0.05) is 18.2 Å². The number of alkyl halides is 3. The van der Waals surface area contributed by atoms with Crippen molar-refractivity contribution in [1.82, 2.24) is 0 Å². The maximum Gasteiger partial charge on any atom is 0.416 e. The van der Waals surface area contributed by atoms with Gasteiger partial charge in [-0.25, -0.2) is 0 Å². The van der Waals surface area contributed by atoms with Crippen LogP contribution in [0.1, 0.15) is 19.4 Å². The Morgan fingerprint density at radius 2 is 1.62 bits per heavy atom. The summed E-state index contributed by atoms with van der Waals surface area (Å²) in [5.41, 5.74) is -0.775. The zero-order valence-corrected chi connectivity index (χ0v) is 14.1. The lowest BCUT2D eigenvalue weighted by atomic mass is 10.2. The molecule has 26 heavy (non-hydrogen) atoms. The van der Waals surface area contributed by atoms with E-state index in [4.69, 9.17) is 4.74 Å². The maximum atomic E-state index is 12.7. The summed E-state index contributed by atoms with van der Waals surface area (Å²) >= 11 is 0. The van der Waals surface area contributed by atoms with Crippen molar-refractivity contribution in [2.45, 2.75) is 26.1 Å². The molecule has 0 heterocycles. The molecule has 2 N–H and O–H groups in total. The van der Waals surface area contributed by atoms with E-state index in [2.05, 4.69) is 10.6 Å². The molecule has 0 saturated carbocycles. The van der Waals surface area contributed by atoms with Crippen LogP contribution in [0.15, 0.2) is 48.5 Å². The van der Waals surface area contributed by atoms with E-state index in [1.165, 1.54) is 6.07 Å². The molecule has 0 fully saturated rings. The third-order valence-corrected chi connectivity index (χ3v) is 3.15. The van der Waals surface area contributed by atoms with Crippen LogP contribution in [0.2, 0.25) is 0 Å². The SMILES string of the molecule is CC(C)Oc1ccccc1NC(=O)C(=O)Nc1cccc(C(F)(F)F)c1. The second-order valence-electron chi connectivity index (χ2n) is 5.65. The van der Waals surface area contributed by atoms with Gasteiger partial charge in [-0.2, -0.15) is 13.2 Å². The third kappa shape index (κ3) is 5.23. The minimum absolute atomic E-state index is 0.133. The summed E-state index contributed by atoms with van der Waals surface area (Å²) in [5, 5.41) is 4.53. The number of amides is 2. The molecular weight excluding hydrogens is 349 g/mol. The van der Waals surface area contributed by atoms with Gasteiger partial charge in [-0.05, 0) is 44.2 Å². The molecule has 0 aromatic heterocycles. The van der Waals surface area contributed by atoms with Crippen LogP contribution in [0.3, 0.4) is 0 Å². The number of hydrogen-bond acceptors (Lipinski definition) is 3. The van der Waals surface area contributed by atoms with E-state index < -0.39 is 23.6 Å². The summed E-state index contributed by atoms with van der Waals surface area (Å²) in [6.07, 6.45) is -4.69. The lowest BCUT2D eigenvalue weighted by Gasteiger charge is -2.14. The predicted octanol–water partition coefficient (Wildman–Crippen LogP) is 4.07. The Morgan fingerprint density at radius 3 is 2.27 bits per heavy atom. The number of carbonyl (C=O) groups is 2. The fraction of sp³-hybridized carbons (Fsp3) is 0.222. The van der Waals surface area contributed by atoms with Crippen molar-refractivity contribution in [3.63, 3.8) is 0 Å². The van der Waals surface area contributed by atoms with Gasteiger partial charge in [0, 0.05) is 5.69 Å². The first-order valence-electron chi connectivity index (χ1n) is 7.72. The van der Waals surface area contributed by atoms with E-state index in [1.54, 1.807) is 38.1 Å². The quantitative estimate of drug-likeness (QED) is 0.802. The molecule has 2 amide bonds. The number of carbonyl (C=O) groups excluding carboxylic acids is 2. The highest BCUT2D eigenvalue weighted by atomic mass is 19.4. The van der Waals surface area contributed by atoms with Crippen molar-refractivity contribution in [3.8, 4) is 5.75 Å². The van der Waals surface area contributed by atoms with Gasteiger partial charge in [0.25, 0.3) is 0 Å². The van der Waals surface area contributed by atoms with Gasteiger partial charge in [0.15, 0.2) is 0 Å². The first kappa shape index (κ1) is 19.3. The highest BCUT2D eigenvalue weighted by molar-refractivity contribution is 6.43. The summed E-state index contributed by atoms with van der Waals surface area (Å²) in [4.78, 5) is 24.0. The van der Waals surface area contributed by atoms with E-state index in [1.807, 2.05) is 0 Å². The molecule has 5 nitrogen and oxygen atoms in total. The first-order chi connectivity index (χ1) is 12.2. The summed E-state index contributed by atoms with van der Waals surface area (Å²) in [7, 11) is 0. The van der Waals surface area contributed by atoms with Gasteiger partial charge in [-0.3, -0.25) is 9.59 Å². The van der Waals surface area contributed by atoms with Crippen molar-refractivity contribution < 1.29 is 27.5 Å². The Balaban J connectivity index is 2.09. The van der Waals surface area contributed by atoms with Crippen LogP contribution in [0, 0.1) is 0 Å². The van der Waals surface area contributed by atoms with E-state index in [0.29, 0.717) is 5.75 Å². The Morgan fingerprint density at radius 1 is 0.962 bits per heavy atom. The molecule has 2 rings (SSSR count). The van der Waals surface area contributed by atoms with Crippen molar-refractivity contribution in [2.24, 2.45) is 0 Å². The average molecular weight is 366 g/mol. The smallest absolute Gasteiger partial charge is 0.416 e. The number of hydrogen-bond donors (Lipinski definition) is 2. The molecule has 0 saturated heterocycles. The number of rotatable bonds is 4. The van der Waals surface area contributed by atoms with Gasteiger partial charge in [0.2, 0.25) is 0 Å². The Bertz CT molecular complexity index is 804. The van der Waals surface area contributed by atoms with Crippen LogP contribution < -0.4 is 15.4 Å². The van der Waals surface area contributed by atoms with Crippen molar-refractivity contribution in [2.75, 3.05) is 10.6 Å². The molecule has 2 aromatic rings. The molecule has 0 atom stereocenters. The van der Waals surface area contributed by atoms with Crippen LogP contribution >= 0.6 is 0 Å². The van der Waals surface area contributed by atoms with Crippen molar-refractivity contribution in [3.05, 3.63) is 54.1 Å². The van der Waals surface area contributed by atoms with Crippen LogP contribution in [0.25, 0.3) is 0 Å². The van der Waals surface area contributed by atoms with E-state index >= 15 is 0 Å². The summed E-state index contributed by atoms with van der Waals surface area (Å²) in [6.45, 7) is 3.61. The lowest BCUT2D eigenvalue weighted by Crippen LogP contribution is -2.29. The highest BCUT2D eigenvalue weighted by Crippen LogP contribution is 2.30. The second-order valence-corrected chi connectivity index (χ2v) is 5.65. The molecule has 138 valence electrons.